The van der Waals surface area contributed by atoms with Crippen LogP contribution in [0.15, 0.2) is 49.2 Å². The van der Waals surface area contributed by atoms with Crippen LogP contribution in [0.5, 0.6) is 0 Å². The lowest BCUT2D eigenvalue weighted by Gasteiger charge is -2.31. The van der Waals surface area contributed by atoms with Crippen LogP contribution in [0.2, 0.25) is 0 Å². The second-order valence-corrected chi connectivity index (χ2v) is 6.04. The van der Waals surface area contributed by atoms with Crippen molar-refractivity contribution in [2.45, 2.75) is 19.9 Å². The van der Waals surface area contributed by atoms with Gasteiger partial charge >= 0.3 is 5.97 Å². The third-order valence-corrected chi connectivity index (χ3v) is 4.36. The zero-order valence-electron chi connectivity index (χ0n) is 16.0. The molecule has 0 saturated heterocycles. The highest BCUT2D eigenvalue weighted by atomic mass is 16.7. The van der Waals surface area contributed by atoms with Crippen LogP contribution in [-0.4, -0.2) is 53.4 Å². The molecule has 1 aromatic rings. The highest BCUT2D eigenvalue weighted by molar-refractivity contribution is 6.24. The second-order valence-electron chi connectivity index (χ2n) is 6.04. The number of carbonyl (C=O) groups is 4. The van der Waals surface area contributed by atoms with Gasteiger partial charge < -0.3 is 4.74 Å². The van der Waals surface area contributed by atoms with Crippen molar-refractivity contribution in [2.24, 2.45) is 5.92 Å². The molecule has 28 heavy (non-hydrogen) atoms. The summed E-state index contributed by atoms with van der Waals surface area (Å²) in [4.78, 5) is 56.3. The molecule has 2 unspecified atom stereocenters. The molecule has 148 valence electrons. The van der Waals surface area contributed by atoms with E-state index in [2.05, 4.69) is 13.2 Å². The molecule has 8 heteroatoms. The van der Waals surface area contributed by atoms with Crippen molar-refractivity contribution in [3.8, 4) is 0 Å². The smallest absolute Gasteiger partial charge is 0.332 e. The molecule has 0 aliphatic carbocycles. The molecule has 0 radical (unpaired) electrons. The quantitative estimate of drug-likeness (QED) is 0.223. The highest BCUT2D eigenvalue weighted by Gasteiger charge is 2.43. The third kappa shape index (κ3) is 3.59. The number of carbonyl (C=O) groups excluding carboxylic acids is 4. The number of nitrogens with zero attached hydrogens (tertiary/aromatic N) is 2. The largest absolute Gasteiger partial charge is 0.464 e. The first-order chi connectivity index (χ1) is 13.3. The number of hydrogen-bond acceptors (Lipinski definition) is 6. The van der Waals surface area contributed by atoms with Crippen LogP contribution >= 0.6 is 0 Å². The second kappa shape index (κ2) is 8.62. The number of ether oxygens (including phenoxy) is 1. The fraction of sp³-hybridized carbons (Fsp3) is 0.300. The van der Waals surface area contributed by atoms with Gasteiger partial charge in [-0.2, -0.15) is 0 Å². The minimum Gasteiger partial charge on any atom is -0.464 e. The van der Waals surface area contributed by atoms with E-state index in [0.717, 1.165) is 5.06 Å². The maximum atomic E-state index is 13.0. The van der Waals surface area contributed by atoms with E-state index in [9.17, 15) is 19.2 Å². The summed E-state index contributed by atoms with van der Waals surface area (Å²) in [5.74, 6) is -3.49. The summed E-state index contributed by atoms with van der Waals surface area (Å²) >= 11 is 0. The molecule has 1 aromatic carbocycles. The summed E-state index contributed by atoms with van der Waals surface area (Å²) in [6, 6.07) is 5.04. The molecule has 2 rings (SSSR count). The zero-order valence-corrected chi connectivity index (χ0v) is 16.0. The third-order valence-electron chi connectivity index (χ3n) is 4.36. The summed E-state index contributed by atoms with van der Waals surface area (Å²) in [5.41, 5.74) is -0.0859. The number of imide groups is 1. The number of amides is 3. The van der Waals surface area contributed by atoms with Crippen LogP contribution in [0, 0.1) is 5.92 Å². The number of benzene rings is 1. The van der Waals surface area contributed by atoms with E-state index in [1.54, 1.807) is 26.0 Å². The van der Waals surface area contributed by atoms with Crippen molar-refractivity contribution < 1.29 is 28.8 Å². The summed E-state index contributed by atoms with van der Waals surface area (Å²) in [7, 11) is 1.19. The molecule has 3 amide bonds. The average molecular weight is 386 g/mol. The van der Waals surface area contributed by atoms with Crippen LogP contribution < -0.4 is 0 Å². The van der Waals surface area contributed by atoms with Gasteiger partial charge in [-0.15, -0.1) is 6.58 Å². The van der Waals surface area contributed by atoms with Gasteiger partial charge in [0.05, 0.1) is 24.8 Å². The first-order valence-corrected chi connectivity index (χ1v) is 8.63. The molecule has 1 aliphatic rings. The van der Waals surface area contributed by atoms with Gasteiger partial charge in [-0.1, -0.05) is 31.7 Å². The molecular weight excluding hydrogens is 364 g/mol. The Morgan fingerprint density at radius 3 is 2.18 bits per heavy atom. The molecule has 0 bridgehead atoms. The van der Waals surface area contributed by atoms with Gasteiger partial charge in [0.1, 0.15) is 5.70 Å². The van der Waals surface area contributed by atoms with Crippen LogP contribution in [0.4, 0.5) is 0 Å². The van der Waals surface area contributed by atoms with E-state index < -0.39 is 41.3 Å². The summed E-state index contributed by atoms with van der Waals surface area (Å²) < 4.78 is 5.02. The Balaban J connectivity index is 2.35. The van der Waals surface area contributed by atoms with E-state index >= 15 is 0 Å². The van der Waals surface area contributed by atoms with E-state index in [1.807, 2.05) is 0 Å². The van der Waals surface area contributed by atoms with Crippen molar-refractivity contribution in [3.63, 3.8) is 0 Å². The number of hydrogen-bond donors (Lipinski definition) is 0. The lowest BCUT2D eigenvalue weighted by atomic mass is 10.0. The lowest BCUT2D eigenvalue weighted by Crippen LogP contribution is -2.51. The van der Waals surface area contributed by atoms with Crippen molar-refractivity contribution in [1.29, 1.82) is 0 Å². The molecule has 0 saturated carbocycles. The summed E-state index contributed by atoms with van der Waals surface area (Å²) in [5, 5.41) is 0.746. The van der Waals surface area contributed by atoms with Gasteiger partial charge in [-0.25, -0.2) is 14.8 Å². The Morgan fingerprint density at radius 1 is 1.21 bits per heavy atom. The molecule has 0 spiro atoms. The van der Waals surface area contributed by atoms with E-state index in [0.29, 0.717) is 4.90 Å². The highest BCUT2D eigenvalue weighted by Crippen LogP contribution is 2.27. The van der Waals surface area contributed by atoms with Gasteiger partial charge in [0.25, 0.3) is 17.7 Å². The zero-order chi connectivity index (χ0) is 21.0. The normalized spacial score (nSPS) is 14.9. The topological polar surface area (TPSA) is 93.2 Å². The van der Waals surface area contributed by atoms with Crippen LogP contribution in [-0.2, 0) is 19.2 Å². The van der Waals surface area contributed by atoms with Crippen molar-refractivity contribution in [1.82, 2.24) is 9.96 Å². The molecule has 8 nitrogen and oxygen atoms in total. The van der Waals surface area contributed by atoms with Crippen LogP contribution in [0.3, 0.4) is 0 Å². The SMILES string of the molecule is C=CC(C)C(C(=O)OCC)N(OC)C(=O)C(=C)N1C(=O)c2ccccc2C1=O. The monoisotopic (exact) mass is 386 g/mol. The van der Waals surface area contributed by atoms with E-state index in [1.165, 1.54) is 25.3 Å². The standard InChI is InChI=1S/C20H22N2O6/c1-6-12(3)16(20(26)28-7-2)22(27-5)17(23)13(4)21-18(24)14-10-8-9-11-15(14)19(21)25/h6,8-12,16H,1,4,7H2,2-3,5H3. The minimum atomic E-state index is -1.16. The molecule has 0 fully saturated rings. The van der Waals surface area contributed by atoms with Crippen molar-refractivity contribution in [3.05, 3.63) is 60.3 Å². The lowest BCUT2D eigenvalue weighted by molar-refractivity contribution is -0.199. The first-order valence-electron chi connectivity index (χ1n) is 8.63. The predicted octanol–water partition coefficient (Wildman–Crippen LogP) is 1.94. The molecule has 0 N–H and O–H groups in total. The number of hydroxylamine groups is 2. The first kappa shape index (κ1) is 21.0. The predicted molar refractivity (Wildman–Crippen MR) is 99.7 cm³/mol. The van der Waals surface area contributed by atoms with Gasteiger partial charge in [-0.05, 0) is 19.1 Å². The minimum absolute atomic E-state index is 0.101. The van der Waals surface area contributed by atoms with E-state index in [4.69, 9.17) is 9.57 Å². The van der Waals surface area contributed by atoms with Crippen molar-refractivity contribution >= 4 is 23.7 Å². The molecule has 2 atom stereocenters. The Bertz CT molecular complexity index is 812. The maximum absolute atomic E-state index is 13.0. The Labute approximate surface area is 163 Å². The maximum Gasteiger partial charge on any atom is 0.332 e. The average Bonchev–Trinajstić information content (AvgIpc) is 2.95. The Kier molecular flexibility index (Phi) is 6.48. The van der Waals surface area contributed by atoms with Crippen LogP contribution in [0.1, 0.15) is 34.6 Å². The van der Waals surface area contributed by atoms with Crippen LogP contribution in [0.25, 0.3) is 0 Å². The molecular formula is C20H22N2O6. The van der Waals surface area contributed by atoms with Gasteiger partial charge in [0.2, 0.25) is 0 Å². The summed E-state index contributed by atoms with van der Waals surface area (Å²) in [6.45, 7) is 10.6. The number of esters is 1. The fourth-order valence-corrected chi connectivity index (χ4v) is 2.86. The number of rotatable bonds is 8. The fourth-order valence-electron chi connectivity index (χ4n) is 2.86. The summed E-state index contributed by atoms with van der Waals surface area (Å²) in [6.07, 6.45) is 1.46. The van der Waals surface area contributed by atoms with E-state index in [-0.39, 0.29) is 17.7 Å². The van der Waals surface area contributed by atoms with Gasteiger partial charge in [0.15, 0.2) is 6.04 Å². The Hall–Kier alpha value is -3.26. The van der Waals surface area contributed by atoms with Gasteiger partial charge in [0, 0.05) is 5.92 Å². The van der Waals surface area contributed by atoms with Crippen molar-refractivity contribution in [2.75, 3.05) is 13.7 Å². The molecule has 1 heterocycles. The Morgan fingerprint density at radius 2 is 1.75 bits per heavy atom. The molecule has 0 aromatic heterocycles. The number of fused-ring (bicyclic) bond motifs is 1. The van der Waals surface area contributed by atoms with Gasteiger partial charge in [-0.3, -0.25) is 19.2 Å². The molecule has 1 aliphatic heterocycles.